The van der Waals surface area contributed by atoms with Gasteiger partial charge < -0.3 is 4.89 Å². The summed E-state index contributed by atoms with van der Waals surface area (Å²) in [5.74, 6) is 0. The lowest BCUT2D eigenvalue weighted by molar-refractivity contribution is -0.169. The molecule has 1 unspecified atom stereocenters. The van der Waals surface area contributed by atoms with Crippen LogP contribution in [-0.2, 0) is 9.36 Å². The molecule has 0 fully saturated rings. The molecule has 0 aromatic rings. The Morgan fingerprint density at radius 3 is 2.50 bits per heavy atom. The van der Waals surface area contributed by atoms with Crippen molar-refractivity contribution in [1.82, 2.24) is 0 Å². The third-order valence-electron chi connectivity index (χ3n) is 1.20. The highest BCUT2D eigenvalue weighted by atomic mass is 31.1. The first-order chi connectivity index (χ1) is 4.68. The van der Waals surface area contributed by atoms with E-state index in [1.54, 1.807) is 0 Å². The largest absolute Gasteiger partial charge is 0.588 e. The highest BCUT2D eigenvalue weighted by molar-refractivity contribution is 7.56. The van der Waals surface area contributed by atoms with Crippen LogP contribution in [0, 0.1) is 0 Å². The van der Waals surface area contributed by atoms with Gasteiger partial charge in [-0.2, -0.15) is 0 Å². The number of carbonyl (C=O) groups excluding carboxylic acids is 1. The van der Waals surface area contributed by atoms with E-state index in [1.807, 2.05) is 6.92 Å². The fourth-order valence-corrected chi connectivity index (χ4v) is 0.958. The smallest absolute Gasteiger partial charge is 0.387 e. The Labute approximate surface area is 61.3 Å². The van der Waals surface area contributed by atoms with Crippen molar-refractivity contribution in [3.8, 4) is 0 Å². The van der Waals surface area contributed by atoms with E-state index >= 15 is 0 Å². The molecule has 0 radical (unpaired) electrons. The zero-order valence-electron chi connectivity index (χ0n) is 6.00. The van der Waals surface area contributed by atoms with E-state index in [0.717, 1.165) is 12.8 Å². The van der Waals surface area contributed by atoms with Crippen LogP contribution in [0.2, 0.25) is 0 Å². The van der Waals surface area contributed by atoms with Gasteiger partial charge in [-0.3, -0.25) is 0 Å². The minimum atomic E-state index is -2.82. The summed E-state index contributed by atoms with van der Waals surface area (Å²) in [7, 11) is -2.82. The molecule has 0 bridgehead atoms. The molecule has 0 N–H and O–H groups in total. The van der Waals surface area contributed by atoms with Gasteiger partial charge in [0.25, 0.3) is 0 Å². The first-order valence-electron chi connectivity index (χ1n) is 3.35. The van der Waals surface area contributed by atoms with E-state index in [0.29, 0.717) is 6.42 Å². The molecule has 0 aliphatic carbocycles. The van der Waals surface area contributed by atoms with Crippen LogP contribution >= 0.6 is 8.03 Å². The lowest BCUT2D eigenvalue weighted by Crippen LogP contribution is -1.99. The van der Waals surface area contributed by atoms with E-state index in [9.17, 15) is 14.3 Å². The third kappa shape index (κ3) is 4.59. The minimum absolute atomic E-state index is 0.187. The van der Waals surface area contributed by atoms with Crippen LogP contribution in [0.15, 0.2) is 0 Å². The van der Waals surface area contributed by atoms with Crippen LogP contribution in [0.5, 0.6) is 0 Å². The average molecular weight is 162 g/mol. The summed E-state index contributed by atoms with van der Waals surface area (Å²) < 4.78 is 9.98. The summed E-state index contributed by atoms with van der Waals surface area (Å²) in [6, 6.07) is 0. The number of carbonyl (C=O) groups is 1. The quantitative estimate of drug-likeness (QED) is 0.450. The molecule has 4 heteroatoms. The second-order valence-corrected chi connectivity index (χ2v) is 3.12. The predicted octanol–water partition coefficient (Wildman–Crippen LogP) is 1.20. The van der Waals surface area contributed by atoms with Crippen molar-refractivity contribution in [3.05, 3.63) is 0 Å². The van der Waals surface area contributed by atoms with Crippen LogP contribution in [0.1, 0.15) is 32.6 Å². The molecule has 10 heavy (non-hydrogen) atoms. The highest BCUT2D eigenvalue weighted by Crippen LogP contribution is 2.14. The Balaban J connectivity index is 3.31. The minimum Gasteiger partial charge on any atom is -0.588 e. The van der Waals surface area contributed by atoms with Crippen molar-refractivity contribution in [3.63, 3.8) is 0 Å². The van der Waals surface area contributed by atoms with Gasteiger partial charge in [-0.15, -0.1) is 0 Å². The molecule has 0 spiro atoms. The van der Waals surface area contributed by atoms with Crippen molar-refractivity contribution < 1.29 is 14.3 Å². The van der Waals surface area contributed by atoms with E-state index in [4.69, 9.17) is 0 Å². The fourth-order valence-electron chi connectivity index (χ4n) is 0.618. The molecule has 0 aliphatic rings. The zero-order chi connectivity index (χ0) is 7.98. The molecular formula is C6H11O3P. The number of rotatable bonds is 5. The van der Waals surface area contributed by atoms with Gasteiger partial charge in [0.15, 0.2) is 0 Å². The third-order valence-corrected chi connectivity index (χ3v) is 1.83. The van der Waals surface area contributed by atoms with Gasteiger partial charge in [0.2, 0.25) is 0 Å². The fraction of sp³-hybridized carbons (Fsp3) is 0.833. The summed E-state index contributed by atoms with van der Waals surface area (Å²) in [4.78, 5) is 20.4. The normalized spacial score (nSPS) is 11.2. The summed E-state index contributed by atoms with van der Waals surface area (Å²) in [5.41, 5.74) is -0.636. The summed E-state index contributed by atoms with van der Waals surface area (Å²) in [6.07, 6.45) is 2.81. The first-order valence-corrected chi connectivity index (χ1v) is 4.53. The van der Waals surface area contributed by atoms with Crippen LogP contribution < -0.4 is 4.89 Å². The SMILES string of the molecule is CCCCCC(=O)[P+](=O)[O-]. The van der Waals surface area contributed by atoms with Crippen LogP contribution in [0.4, 0.5) is 0 Å². The van der Waals surface area contributed by atoms with E-state index in [1.165, 1.54) is 0 Å². The Hall–Kier alpha value is -0.270. The molecule has 0 rings (SSSR count). The average Bonchev–Trinajstić information content (AvgIpc) is 1.88. The monoisotopic (exact) mass is 162 g/mol. The first kappa shape index (κ1) is 9.73. The van der Waals surface area contributed by atoms with Gasteiger partial charge in [-0.1, -0.05) is 24.3 Å². The van der Waals surface area contributed by atoms with Crippen molar-refractivity contribution in [2.45, 2.75) is 32.6 Å². The Morgan fingerprint density at radius 1 is 1.50 bits per heavy atom. The maximum atomic E-state index is 10.4. The zero-order valence-corrected chi connectivity index (χ0v) is 6.89. The van der Waals surface area contributed by atoms with Crippen LogP contribution in [0.25, 0.3) is 0 Å². The molecule has 0 amide bonds. The Bertz CT molecular complexity index is 133. The van der Waals surface area contributed by atoms with Crippen molar-refractivity contribution in [2.75, 3.05) is 0 Å². The predicted molar refractivity (Wildman–Crippen MR) is 36.8 cm³/mol. The van der Waals surface area contributed by atoms with Gasteiger partial charge in [0.1, 0.15) is 0 Å². The van der Waals surface area contributed by atoms with Gasteiger partial charge in [-0.25, -0.2) is 4.79 Å². The molecular weight excluding hydrogens is 151 g/mol. The molecule has 0 aliphatic heterocycles. The van der Waals surface area contributed by atoms with Crippen molar-refractivity contribution in [2.24, 2.45) is 0 Å². The maximum absolute atomic E-state index is 10.4. The topological polar surface area (TPSA) is 57.2 Å². The molecule has 3 nitrogen and oxygen atoms in total. The Morgan fingerprint density at radius 2 is 2.10 bits per heavy atom. The number of hydrogen-bond donors (Lipinski definition) is 0. The number of unbranched alkanes of at least 4 members (excludes halogenated alkanes) is 2. The highest BCUT2D eigenvalue weighted by Gasteiger charge is 2.14. The lowest BCUT2D eigenvalue weighted by Gasteiger charge is -1.90. The van der Waals surface area contributed by atoms with Gasteiger partial charge in [-0.05, 0) is 6.42 Å². The maximum Gasteiger partial charge on any atom is 0.387 e. The summed E-state index contributed by atoms with van der Waals surface area (Å²) in [5, 5.41) is 0. The van der Waals surface area contributed by atoms with Gasteiger partial charge in [0.05, 0.1) is 6.42 Å². The molecule has 1 atom stereocenters. The Kier molecular flexibility index (Phi) is 5.36. The lowest BCUT2D eigenvalue weighted by atomic mass is 10.2. The molecule has 0 aromatic heterocycles. The van der Waals surface area contributed by atoms with Crippen molar-refractivity contribution in [1.29, 1.82) is 0 Å². The van der Waals surface area contributed by atoms with E-state index in [-0.39, 0.29) is 6.42 Å². The molecule has 0 saturated heterocycles. The van der Waals surface area contributed by atoms with E-state index in [2.05, 4.69) is 0 Å². The van der Waals surface area contributed by atoms with Crippen molar-refractivity contribution >= 4 is 13.6 Å². The van der Waals surface area contributed by atoms with E-state index < -0.39 is 13.6 Å². The summed E-state index contributed by atoms with van der Waals surface area (Å²) in [6.45, 7) is 2.00. The molecule has 58 valence electrons. The molecule has 0 saturated carbocycles. The molecule has 0 aromatic carbocycles. The van der Waals surface area contributed by atoms with Gasteiger partial charge >= 0.3 is 13.6 Å². The molecule has 0 heterocycles. The second-order valence-electron chi connectivity index (χ2n) is 2.11. The van der Waals surface area contributed by atoms with Gasteiger partial charge in [0, 0.05) is 0 Å². The van der Waals surface area contributed by atoms with Crippen LogP contribution in [-0.4, -0.2) is 5.52 Å². The standard InChI is InChI=1S/C6H11O3P/c1-2-3-4-5-6(7)10(8)9/h2-5H2,1H3. The van der Waals surface area contributed by atoms with Crippen LogP contribution in [0.3, 0.4) is 0 Å². The second kappa shape index (κ2) is 5.51. The number of hydrogen-bond acceptors (Lipinski definition) is 3. The summed E-state index contributed by atoms with van der Waals surface area (Å²) >= 11 is 0.